The summed E-state index contributed by atoms with van der Waals surface area (Å²) in [6, 6.07) is 17.2. The van der Waals surface area contributed by atoms with E-state index in [-0.39, 0.29) is 19.6 Å². The maximum Gasteiger partial charge on any atom is 0.338 e. The highest BCUT2D eigenvalue weighted by Crippen LogP contribution is 2.12. The number of hydrogen-bond acceptors (Lipinski definition) is 5. The molecule has 2 aromatic carbocycles. The van der Waals surface area contributed by atoms with Crippen molar-refractivity contribution in [2.45, 2.75) is 18.9 Å². The Labute approximate surface area is 140 Å². The molecular formula is C19H20O5. The van der Waals surface area contributed by atoms with Gasteiger partial charge in [-0.2, -0.15) is 0 Å². The first-order valence-electron chi connectivity index (χ1n) is 7.65. The molecule has 0 aliphatic carbocycles. The van der Waals surface area contributed by atoms with E-state index < -0.39 is 17.5 Å². The van der Waals surface area contributed by atoms with Gasteiger partial charge in [0.1, 0.15) is 6.61 Å². The standard InChI is InChI=1S/C19H20O5/c1-19(22,14-24-18(21)16-10-6-3-7-11-16)12-13-23-17(20)15-8-4-2-5-9-15/h2-11,22H,12-14H2,1H3/t19-/m0/s1. The summed E-state index contributed by atoms with van der Waals surface area (Å²) in [4.78, 5) is 23.6. The van der Waals surface area contributed by atoms with Crippen molar-refractivity contribution in [1.29, 1.82) is 0 Å². The van der Waals surface area contributed by atoms with Gasteiger partial charge in [0, 0.05) is 6.42 Å². The van der Waals surface area contributed by atoms with E-state index in [1.165, 1.54) is 6.92 Å². The molecule has 0 aliphatic heterocycles. The van der Waals surface area contributed by atoms with Crippen molar-refractivity contribution in [3.05, 3.63) is 71.8 Å². The second-order valence-corrected chi connectivity index (χ2v) is 5.69. The first kappa shape index (κ1) is 17.7. The quantitative estimate of drug-likeness (QED) is 0.791. The highest BCUT2D eigenvalue weighted by molar-refractivity contribution is 5.89. The summed E-state index contributed by atoms with van der Waals surface area (Å²) in [5.74, 6) is -0.954. The van der Waals surface area contributed by atoms with Crippen molar-refractivity contribution >= 4 is 11.9 Å². The molecule has 0 aliphatic rings. The fraction of sp³-hybridized carbons (Fsp3) is 0.263. The van der Waals surface area contributed by atoms with Crippen LogP contribution in [0.5, 0.6) is 0 Å². The molecule has 0 aromatic heterocycles. The van der Waals surface area contributed by atoms with Gasteiger partial charge in [-0.05, 0) is 31.2 Å². The summed E-state index contributed by atoms with van der Waals surface area (Å²) in [5, 5.41) is 10.2. The molecular weight excluding hydrogens is 308 g/mol. The van der Waals surface area contributed by atoms with Crippen LogP contribution in [0.3, 0.4) is 0 Å². The first-order chi connectivity index (χ1) is 11.5. The van der Waals surface area contributed by atoms with Gasteiger partial charge in [-0.15, -0.1) is 0 Å². The number of aliphatic hydroxyl groups is 1. The third-order valence-electron chi connectivity index (χ3n) is 3.41. The average Bonchev–Trinajstić information content (AvgIpc) is 2.61. The van der Waals surface area contributed by atoms with E-state index in [1.54, 1.807) is 54.6 Å². The van der Waals surface area contributed by atoms with Crippen LogP contribution in [0.1, 0.15) is 34.1 Å². The molecule has 5 heteroatoms. The lowest BCUT2D eigenvalue weighted by Crippen LogP contribution is -2.33. The van der Waals surface area contributed by atoms with Crippen molar-refractivity contribution in [2.24, 2.45) is 0 Å². The minimum Gasteiger partial charge on any atom is -0.462 e. The van der Waals surface area contributed by atoms with Crippen molar-refractivity contribution < 1.29 is 24.2 Å². The smallest absolute Gasteiger partial charge is 0.338 e. The van der Waals surface area contributed by atoms with Gasteiger partial charge in [0.2, 0.25) is 0 Å². The molecule has 0 saturated carbocycles. The molecule has 0 saturated heterocycles. The minimum absolute atomic E-state index is 0.0314. The molecule has 0 amide bonds. The highest BCUT2D eigenvalue weighted by atomic mass is 16.5. The van der Waals surface area contributed by atoms with Gasteiger partial charge in [0.25, 0.3) is 0 Å². The number of ether oxygens (including phenoxy) is 2. The lowest BCUT2D eigenvalue weighted by atomic mass is 10.0. The summed E-state index contributed by atoms with van der Waals surface area (Å²) in [5.41, 5.74) is -0.405. The van der Waals surface area contributed by atoms with Crippen LogP contribution in [0, 0.1) is 0 Å². The Bertz CT molecular complexity index is 665. The van der Waals surface area contributed by atoms with E-state index >= 15 is 0 Å². The molecule has 0 unspecified atom stereocenters. The predicted octanol–water partition coefficient (Wildman–Crippen LogP) is 2.84. The predicted molar refractivity (Wildman–Crippen MR) is 88.7 cm³/mol. The Morgan fingerprint density at radius 1 is 0.875 bits per heavy atom. The minimum atomic E-state index is -1.28. The number of hydrogen-bond donors (Lipinski definition) is 1. The second-order valence-electron chi connectivity index (χ2n) is 5.69. The topological polar surface area (TPSA) is 72.8 Å². The number of carbonyl (C=O) groups excluding carboxylic acids is 2. The van der Waals surface area contributed by atoms with Gasteiger partial charge < -0.3 is 14.6 Å². The monoisotopic (exact) mass is 328 g/mol. The molecule has 24 heavy (non-hydrogen) atoms. The third-order valence-corrected chi connectivity index (χ3v) is 3.41. The molecule has 0 bridgehead atoms. The Hall–Kier alpha value is -2.66. The van der Waals surface area contributed by atoms with Crippen LogP contribution < -0.4 is 0 Å². The zero-order valence-corrected chi connectivity index (χ0v) is 13.5. The number of carbonyl (C=O) groups is 2. The van der Waals surface area contributed by atoms with Gasteiger partial charge in [-0.3, -0.25) is 0 Å². The molecule has 0 fully saturated rings. The second kappa shape index (κ2) is 8.26. The Morgan fingerprint density at radius 2 is 1.33 bits per heavy atom. The lowest BCUT2D eigenvalue weighted by molar-refractivity contribution is -0.0362. The molecule has 1 atom stereocenters. The molecule has 0 spiro atoms. The molecule has 2 aromatic rings. The number of rotatable bonds is 7. The van der Waals surface area contributed by atoms with Crippen LogP contribution in [-0.4, -0.2) is 35.9 Å². The summed E-state index contributed by atoms with van der Waals surface area (Å²) in [7, 11) is 0. The van der Waals surface area contributed by atoms with E-state index in [0.717, 1.165) is 0 Å². The zero-order chi connectivity index (χ0) is 17.4. The summed E-state index contributed by atoms with van der Waals surface area (Å²) in [6.45, 7) is 1.38. The van der Waals surface area contributed by atoms with Crippen molar-refractivity contribution in [1.82, 2.24) is 0 Å². The van der Waals surface area contributed by atoms with Crippen LogP contribution in [0.25, 0.3) is 0 Å². The summed E-state index contributed by atoms with van der Waals surface area (Å²) >= 11 is 0. The van der Waals surface area contributed by atoms with Crippen LogP contribution in [0.4, 0.5) is 0 Å². The maximum absolute atomic E-state index is 11.8. The van der Waals surface area contributed by atoms with Crippen LogP contribution >= 0.6 is 0 Å². The van der Waals surface area contributed by atoms with Crippen molar-refractivity contribution in [2.75, 3.05) is 13.2 Å². The van der Waals surface area contributed by atoms with Crippen molar-refractivity contribution in [3.8, 4) is 0 Å². The molecule has 0 radical (unpaired) electrons. The third kappa shape index (κ3) is 5.52. The zero-order valence-electron chi connectivity index (χ0n) is 13.5. The van der Waals surface area contributed by atoms with Crippen LogP contribution in [-0.2, 0) is 9.47 Å². The molecule has 5 nitrogen and oxygen atoms in total. The molecule has 1 N–H and O–H groups in total. The maximum atomic E-state index is 11.8. The normalized spacial score (nSPS) is 12.9. The summed E-state index contributed by atoms with van der Waals surface area (Å²) < 4.78 is 10.2. The van der Waals surface area contributed by atoms with Gasteiger partial charge in [-0.1, -0.05) is 36.4 Å². The SMILES string of the molecule is C[C@](O)(CCOC(=O)c1ccccc1)COC(=O)c1ccccc1. The van der Waals surface area contributed by atoms with Gasteiger partial charge >= 0.3 is 11.9 Å². The van der Waals surface area contributed by atoms with Crippen LogP contribution in [0.15, 0.2) is 60.7 Å². The van der Waals surface area contributed by atoms with E-state index in [0.29, 0.717) is 11.1 Å². The fourth-order valence-electron chi connectivity index (χ4n) is 1.97. The van der Waals surface area contributed by atoms with E-state index in [9.17, 15) is 14.7 Å². The largest absolute Gasteiger partial charge is 0.462 e. The van der Waals surface area contributed by atoms with Gasteiger partial charge in [-0.25, -0.2) is 9.59 Å². The Kier molecular flexibility index (Phi) is 6.09. The van der Waals surface area contributed by atoms with E-state index in [1.807, 2.05) is 6.07 Å². The van der Waals surface area contributed by atoms with E-state index in [4.69, 9.17) is 9.47 Å². The van der Waals surface area contributed by atoms with E-state index in [2.05, 4.69) is 0 Å². The molecule has 126 valence electrons. The lowest BCUT2D eigenvalue weighted by Gasteiger charge is -2.22. The van der Waals surface area contributed by atoms with Gasteiger partial charge in [0.05, 0.1) is 23.3 Å². The average molecular weight is 328 g/mol. The van der Waals surface area contributed by atoms with Crippen molar-refractivity contribution in [3.63, 3.8) is 0 Å². The first-order valence-corrected chi connectivity index (χ1v) is 7.65. The number of esters is 2. The Balaban J connectivity index is 1.75. The fourth-order valence-corrected chi connectivity index (χ4v) is 1.97. The van der Waals surface area contributed by atoms with Gasteiger partial charge in [0.15, 0.2) is 0 Å². The Morgan fingerprint density at radius 3 is 1.83 bits per heavy atom. The summed E-state index contributed by atoms with van der Waals surface area (Å²) in [6.07, 6.45) is 0.160. The number of benzene rings is 2. The highest BCUT2D eigenvalue weighted by Gasteiger charge is 2.24. The molecule has 0 heterocycles. The van der Waals surface area contributed by atoms with Crippen LogP contribution in [0.2, 0.25) is 0 Å². The molecule has 2 rings (SSSR count).